The van der Waals surface area contributed by atoms with Crippen molar-refractivity contribution in [1.29, 1.82) is 0 Å². The monoisotopic (exact) mass is 956 g/mol. The van der Waals surface area contributed by atoms with E-state index in [1.807, 2.05) is 12.1 Å². The van der Waals surface area contributed by atoms with Crippen molar-refractivity contribution >= 4 is 101 Å². The number of rotatable bonds is 6. The Morgan fingerprint density at radius 1 is 0.762 bits per heavy atom. The van der Waals surface area contributed by atoms with E-state index in [9.17, 15) is 24.0 Å². The van der Waals surface area contributed by atoms with Gasteiger partial charge in [0.2, 0.25) is 5.95 Å². The Bertz CT molecular complexity index is 3550. The third-order valence-electron chi connectivity index (χ3n) is 10.4. The number of hydrogen-bond acceptors (Lipinski definition) is 10. The third kappa shape index (κ3) is 7.87. The molecule has 0 bridgehead atoms. The van der Waals surface area contributed by atoms with Gasteiger partial charge in [-0.05, 0) is 96.4 Å². The fraction of sp³-hybridized carbons (Fsp3) is 0.238. The molecule has 63 heavy (non-hydrogen) atoms. The number of carbonyl (C=O) groups is 1. The van der Waals surface area contributed by atoms with Gasteiger partial charge in [0.25, 0.3) is 11.1 Å². The smallest absolute Gasteiger partial charge is 0.418 e. The van der Waals surface area contributed by atoms with Crippen LogP contribution in [0, 0.1) is 0 Å². The number of H-pyrrole nitrogens is 1. The fourth-order valence-corrected chi connectivity index (χ4v) is 8.21. The van der Waals surface area contributed by atoms with Crippen LogP contribution in [-0.4, -0.2) is 63.6 Å². The van der Waals surface area contributed by atoms with Crippen molar-refractivity contribution in [1.82, 2.24) is 51.9 Å². The predicted molar refractivity (Wildman–Crippen MR) is 246 cm³/mol. The number of anilines is 2. The van der Waals surface area contributed by atoms with Crippen LogP contribution in [0.2, 0.25) is 10.0 Å². The Hall–Kier alpha value is -6.70. The van der Waals surface area contributed by atoms with Crippen LogP contribution in [0.15, 0.2) is 97.2 Å². The predicted octanol–water partition coefficient (Wildman–Crippen LogP) is 6.39. The summed E-state index contributed by atoms with van der Waals surface area (Å²) in [6, 6.07) is 14.2. The van der Waals surface area contributed by atoms with Crippen LogP contribution in [0.5, 0.6) is 0 Å². The van der Waals surface area contributed by atoms with Gasteiger partial charge in [0.05, 0.1) is 28.7 Å². The van der Waals surface area contributed by atoms with E-state index in [2.05, 4.69) is 41.2 Å². The van der Waals surface area contributed by atoms with Crippen LogP contribution in [0.1, 0.15) is 31.9 Å². The van der Waals surface area contributed by atoms with Gasteiger partial charge in [0.15, 0.2) is 27.1 Å². The maximum Gasteiger partial charge on any atom is 0.418 e. The Kier molecular flexibility index (Phi) is 11.1. The summed E-state index contributed by atoms with van der Waals surface area (Å²) >= 11 is 16.1. The van der Waals surface area contributed by atoms with Gasteiger partial charge in [-0.3, -0.25) is 37.4 Å². The molecule has 0 saturated heterocycles. The number of hydrogen-bond donors (Lipinski definition) is 2. The number of aromatic nitrogens is 11. The van der Waals surface area contributed by atoms with Gasteiger partial charge in [-0.2, -0.15) is 4.98 Å². The maximum absolute atomic E-state index is 13.3. The average Bonchev–Trinajstić information content (AvgIpc) is 4.02. The lowest BCUT2D eigenvalue weighted by Crippen LogP contribution is -2.39. The van der Waals surface area contributed by atoms with E-state index >= 15 is 0 Å². The molecule has 0 amide bonds. The van der Waals surface area contributed by atoms with Gasteiger partial charge < -0.3 is 24.2 Å². The highest BCUT2D eigenvalue weighted by atomic mass is 79.9. The van der Waals surface area contributed by atoms with Crippen molar-refractivity contribution in [2.75, 3.05) is 5.32 Å². The minimum absolute atomic E-state index is 0.0284. The van der Waals surface area contributed by atoms with Crippen LogP contribution in [0.25, 0.3) is 44.1 Å². The molecule has 7 aromatic heterocycles. The Morgan fingerprint density at radius 2 is 1.33 bits per heavy atom. The molecular weight excluding hydrogens is 919 g/mol. The van der Waals surface area contributed by atoms with Crippen LogP contribution < -0.4 is 27.8 Å². The van der Waals surface area contributed by atoms with Crippen LogP contribution in [0.3, 0.4) is 0 Å². The van der Waals surface area contributed by atoms with Gasteiger partial charge in [-0.25, -0.2) is 19.4 Å². The molecule has 7 heterocycles. The summed E-state index contributed by atoms with van der Waals surface area (Å²) in [6.45, 7) is 5.41. The minimum atomic E-state index is -0.665. The van der Waals surface area contributed by atoms with Gasteiger partial charge in [-0.15, -0.1) is 0 Å². The van der Waals surface area contributed by atoms with Gasteiger partial charge in [0.1, 0.15) is 5.60 Å². The second-order valence-electron chi connectivity index (χ2n) is 15.8. The SMILES string of the molecule is Cn1c(Br)nc2c1c(=O)n(Cc1cc(Cl)c3ccn(C(=O)OC(C)(C)C)c3c1)c(=O)n2C.Cn1c(Nc2ccncc2)nc2c1c(=O)n(Cc1cc(Cl)c3cc[nH]c3c1)c(=O)n2C. The van der Waals surface area contributed by atoms with Crippen molar-refractivity contribution in [2.45, 2.75) is 39.5 Å². The number of nitrogens with one attached hydrogen (secondary N) is 2. The van der Waals surface area contributed by atoms with Gasteiger partial charge >= 0.3 is 17.5 Å². The first-order valence-electron chi connectivity index (χ1n) is 19.3. The number of nitrogens with zero attached hydrogens (tertiary/aromatic N) is 10. The van der Waals surface area contributed by atoms with E-state index in [1.165, 1.54) is 18.3 Å². The van der Waals surface area contributed by atoms with E-state index in [0.29, 0.717) is 53.9 Å². The first-order valence-corrected chi connectivity index (χ1v) is 20.8. The van der Waals surface area contributed by atoms with Gasteiger partial charge in [0, 0.05) is 75.0 Å². The van der Waals surface area contributed by atoms with Crippen molar-refractivity contribution in [3.05, 3.63) is 141 Å². The number of fused-ring (bicyclic) bond motifs is 4. The third-order valence-corrected chi connectivity index (χ3v) is 11.7. The zero-order valence-electron chi connectivity index (χ0n) is 34.9. The highest BCUT2D eigenvalue weighted by Gasteiger charge is 2.23. The standard InChI is InChI=1S/C21H21BrClN5O4.C21H18ClN7O2/c1-21(2,3)32-20(31)27-7-6-12-13(23)8-11(9-14(12)27)10-28-17(29)15-16(26(5)19(28)30)24-18(22)25(15)4;1-27-17-18(26-20(27)25-13-3-6-23-7-4-13)28(2)21(31)29(19(17)30)11-12-9-15(22)14-5-8-24-16(14)10-12/h6-9H,10H2,1-5H3;3-10,24H,11H2,1-2H3,(H,23,25,26). The first-order chi connectivity index (χ1) is 29.8. The molecule has 0 radical (unpaired) electrons. The highest BCUT2D eigenvalue weighted by molar-refractivity contribution is 9.10. The second-order valence-corrected chi connectivity index (χ2v) is 17.3. The number of pyridine rings is 1. The Labute approximate surface area is 374 Å². The van der Waals surface area contributed by atoms with E-state index in [4.69, 9.17) is 27.9 Å². The Morgan fingerprint density at radius 3 is 1.95 bits per heavy atom. The fourth-order valence-electron chi connectivity index (χ4n) is 7.26. The normalized spacial score (nSPS) is 11.8. The molecular formula is C42H39BrCl2N12O6. The molecule has 0 spiro atoms. The number of aromatic amines is 1. The minimum Gasteiger partial charge on any atom is -0.443 e. The molecule has 0 unspecified atom stereocenters. The number of imidazole rings is 2. The number of carbonyl (C=O) groups excluding carboxylic acids is 1. The lowest BCUT2D eigenvalue weighted by atomic mass is 10.1. The number of ether oxygens (including phenoxy) is 1. The molecule has 9 aromatic rings. The largest absolute Gasteiger partial charge is 0.443 e. The van der Waals surface area contributed by atoms with Crippen LogP contribution >= 0.6 is 39.1 Å². The Balaban J connectivity index is 0.000000173. The number of benzene rings is 2. The molecule has 0 atom stereocenters. The quantitative estimate of drug-likeness (QED) is 0.176. The summed E-state index contributed by atoms with van der Waals surface area (Å²) < 4.78 is 15.5. The first kappa shape index (κ1) is 43.0. The lowest BCUT2D eigenvalue weighted by molar-refractivity contribution is 0.0544. The van der Waals surface area contributed by atoms with Crippen LogP contribution in [0.4, 0.5) is 16.4 Å². The number of aryl methyl sites for hydroxylation is 4. The van der Waals surface area contributed by atoms with E-state index in [-0.39, 0.29) is 18.7 Å². The van der Waals surface area contributed by atoms with Crippen molar-refractivity contribution in [3.8, 4) is 0 Å². The van der Waals surface area contributed by atoms with Crippen molar-refractivity contribution in [3.63, 3.8) is 0 Å². The molecule has 324 valence electrons. The summed E-state index contributed by atoms with van der Waals surface area (Å²) in [6.07, 6.45) is 6.14. The summed E-state index contributed by atoms with van der Waals surface area (Å²) in [5, 5.41) is 5.66. The molecule has 21 heteroatoms. The maximum atomic E-state index is 13.3. The summed E-state index contributed by atoms with van der Waals surface area (Å²) in [7, 11) is 6.58. The van der Waals surface area contributed by atoms with Crippen molar-refractivity contribution < 1.29 is 9.53 Å². The molecule has 0 aliphatic heterocycles. The van der Waals surface area contributed by atoms with Crippen molar-refractivity contribution in [2.24, 2.45) is 28.2 Å². The zero-order chi connectivity index (χ0) is 45.2. The molecule has 0 aliphatic carbocycles. The molecule has 18 nitrogen and oxygen atoms in total. The van der Waals surface area contributed by atoms with Gasteiger partial charge in [-0.1, -0.05) is 23.2 Å². The highest BCUT2D eigenvalue weighted by Crippen LogP contribution is 2.28. The summed E-state index contributed by atoms with van der Waals surface area (Å²) in [5.41, 5.74) is 2.18. The molecule has 0 saturated carbocycles. The lowest BCUT2D eigenvalue weighted by Gasteiger charge is -2.20. The summed E-state index contributed by atoms with van der Waals surface area (Å²) in [4.78, 5) is 80.8. The van der Waals surface area contributed by atoms with Crippen LogP contribution in [-0.2, 0) is 46.0 Å². The molecule has 2 N–H and O–H groups in total. The summed E-state index contributed by atoms with van der Waals surface area (Å²) in [5.74, 6) is 0.446. The second kappa shape index (κ2) is 16.2. The molecule has 2 aromatic carbocycles. The molecule has 9 rings (SSSR count). The zero-order valence-corrected chi connectivity index (χ0v) is 38.0. The van der Waals surface area contributed by atoms with E-state index < -0.39 is 34.2 Å². The number of halogens is 3. The van der Waals surface area contributed by atoms with E-state index in [1.54, 1.807) is 119 Å². The molecule has 0 aliphatic rings. The van der Waals surface area contributed by atoms with E-state index in [0.717, 1.165) is 26.7 Å². The topological polar surface area (TPSA) is 196 Å². The average molecular weight is 959 g/mol. The molecule has 0 fully saturated rings.